The van der Waals surface area contributed by atoms with Crippen LogP contribution in [0.5, 0.6) is 0 Å². The van der Waals surface area contributed by atoms with E-state index in [0.717, 1.165) is 25.7 Å². The van der Waals surface area contributed by atoms with E-state index in [1.165, 1.54) is 6.42 Å². The fourth-order valence-corrected chi connectivity index (χ4v) is 3.94. The van der Waals surface area contributed by atoms with Crippen molar-refractivity contribution >= 4 is 22.1 Å². The molecule has 0 radical (unpaired) electrons. The van der Waals surface area contributed by atoms with Gasteiger partial charge in [-0.3, -0.25) is 4.99 Å². The minimum atomic E-state index is -3.30. The number of hydrogen-bond donors (Lipinski definition) is 3. The highest BCUT2D eigenvalue weighted by Crippen LogP contribution is 2.25. The molecule has 0 spiro atoms. The quantitative estimate of drug-likeness (QED) is 0.403. The van der Waals surface area contributed by atoms with Crippen LogP contribution in [0.1, 0.15) is 39.0 Å². The van der Waals surface area contributed by atoms with Crippen molar-refractivity contribution in [1.82, 2.24) is 14.9 Å². The van der Waals surface area contributed by atoms with Gasteiger partial charge in [0.15, 0.2) is 5.96 Å². The number of guanidine groups is 1. The van der Waals surface area contributed by atoms with Gasteiger partial charge in [0.25, 0.3) is 0 Å². The van der Waals surface area contributed by atoms with Gasteiger partial charge in [-0.05, 0) is 38.5 Å². The summed E-state index contributed by atoms with van der Waals surface area (Å²) in [4.78, 5) is 17.4. The Morgan fingerprint density at radius 2 is 1.96 bits per heavy atom. The fraction of sp³-hybridized carbons (Fsp3) is 0.875. The molecule has 1 aliphatic carbocycles. The number of carbonyl (C=O) groups is 1. The van der Waals surface area contributed by atoms with Gasteiger partial charge < -0.3 is 20.7 Å². The van der Waals surface area contributed by atoms with E-state index >= 15 is 0 Å². The lowest BCUT2D eigenvalue weighted by Crippen LogP contribution is -2.48. The molecule has 1 saturated carbocycles. The molecule has 150 valence electrons. The highest BCUT2D eigenvalue weighted by molar-refractivity contribution is 7.89. The molecule has 0 aromatic heterocycles. The first-order valence-electron chi connectivity index (χ1n) is 9.35. The summed E-state index contributed by atoms with van der Waals surface area (Å²) in [5, 5.41) is 3.10. The summed E-state index contributed by atoms with van der Waals surface area (Å²) in [5.41, 5.74) is 5.85. The van der Waals surface area contributed by atoms with E-state index in [-0.39, 0.29) is 30.4 Å². The number of aliphatic imine (C=N–C) groups is 1. The molecule has 9 nitrogen and oxygen atoms in total. The van der Waals surface area contributed by atoms with Crippen molar-refractivity contribution in [1.29, 1.82) is 0 Å². The lowest BCUT2D eigenvalue weighted by Gasteiger charge is -2.31. The van der Waals surface area contributed by atoms with Crippen molar-refractivity contribution in [3.05, 3.63) is 0 Å². The van der Waals surface area contributed by atoms with Crippen molar-refractivity contribution in [2.75, 3.05) is 38.5 Å². The highest BCUT2D eigenvalue weighted by atomic mass is 32.2. The Labute approximate surface area is 155 Å². The zero-order chi connectivity index (χ0) is 19.0. The summed E-state index contributed by atoms with van der Waals surface area (Å²) in [6.45, 7) is 4.01. The van der Waals surface area contributed by atoms with Gasteiger partial charge >= 0.3 is 6.09 Å². The first kappa shape index (κ1) is 20.8. The van der Waals surface area contributed by atoms with Crippen molar-refractivity contribution in [2.45, 2.75) is 45.1 Å². The second kappa shape index (κ2) is 9.96. The van der Waals surface area contributed by atoms with E-state index in [9.17, 15) is 13.2 Å². The molecule has 0 unspecified atom stereocenters. The predicted octanol–water partition coefficient (Wildman–Crippen LogP) is 0.231. The van der Waals surface area contributed by atoms with E-state index in [2.05, 4.69) is 15.0 Å². The van der Waals surface area contributed by atoms with Gasteiger partial charge in [-0.15, -0.1) is 0 Å². The Kier molecular flexibility index (Phi) is 7.95. The molecule has 1 amide bonds. The van der Waals surface area contributed by atoms with E-state index in [1.54, 1.807) is 11.8 Å². The number of nitrogens with two attached hydrogens (primary N) is 1. The normalized spacial score (nSPS) is 19.9. The molecule has 1 saturated heterocycles. The third-order valence-electron chi connectivity index (χ3n) is 4.83. The molecule has 1 aliphatic heterocycles. The topological polar surface area (TPSA) is 126 Å². The summed E-state index contributed by atoms with van der Waals surface area (Å²) in [6, 6.07) is 0.123. The number of ether oxygens (including phenoxy) is 1. The SMILES string of the molecule is CCOC(=O)N1CCC(NC(N)=NCCS(=O)(=O)NCC2CCC2)CC1. The number of sulfonamides is 1. The van der Waals surface area contributed by atoms with Gasteiger partial charge in [-0.25, -0.2) is 17.9 Å². The van der Waals surface area contributed by atoms with Crippen molar-refractivity contribution in [2.24, 2.45) is 16.6 Å². The summed E-state index contributed by atoms with van der Waals surface area (Å²) >= 11 is 0. The first-order valence-corrected chi connectivity index (χ1v) is 11.0. The second-order valence-corrected chi connectivity index (χ2v) is 8.76. The average molecular weight is 390 g/mol. The number of likely N-dealkylation sites (tertiary alicyclic amines) is 1. The zero-order valence-corrected chi connectivity index (χ0v) is 16.3. The lowest BCUT2D eigenvalue weighted by molar-refractivity contribution is 0.0963. The fourth-order valence-electron chi connectivity index (χ4n) is 2.98. The molecule has 0 aromatic carbocycles. The van der Waals surface area contributed by atoms with Crippen LogP contribution >= 0.6 is 0 Å². The van der Waals surface area contributed by atoms with Crippen LogP contribution in [0.4, 0.5) is 4.79 Å². The maximum absolute atomic E-state index is 11.9. The Morgan fingerprint density at radius 1 is 1.27 bits per heavy atom. The van der Waals surface area contributed by atoms with E-state index < -0.39 is 10.0 Å². The Bertz CT molecular complexity index is 583. The van der Waals surface area contributed by atoms with Crippen LogP contribution < -0.4 is 15.8 Å². The molecule has 2 aliphatic rings. The number of hydrogen-bond acceptors (Lipinski definition) is 5. The minimum absolute atomic E-state index is 0.0661. The predicted molar refractivity (Wildman–Crippen MR) is 100 cm³/mol. The highest BCUT2D eigenvalue weighted by Gasteiger charge is 2.24. The molecule has 2 rings (SSSR count). The molecule has 0 atom stereocenters. The molecule has 0 aromatic rings. The van der Waals surface area contributed by atoms with E-state index in [1.807, 2.05) is 0 Å². The Hall–Kier alpha value is -1.55. The maximum Gasteiger partial charge on any atom is 0.409 e. The molecule has 26 heavy (non-hydrogen) atoms. The van der Waals surface area contributed by atoms with Gasteiger partial charge in [0, 0.05) is 25.7 Å². The number of amides is 1. The second-order valence-electron chi connectivity index (χ2n) is 6.84. The Balaban J connectivity index is 1.64. The van der Waals surface area contributed by atoms with Crippen LogP contribution in [-0.2, 0) is 14.8 Å². The molecule has 0 bridgehead atoms. The average Bonchev–Trinajstić information content (AvgIpc) is 2.54. The standard InChI is InChI=1S/C16H31N5O4S/c1-2-25-16(22)21-9-6-14(7-10-21)20-15(17)18-8-11-26(23,24)19-12-13-4-3-5-13/h13-14,19H,2-12H2,1H3,(H3,17,18,20). The smallest absolute Gasteiger partial charge is 0.409 e. The minimum Gasteiger partial charge on any atom is -0.450 e. The molecule has 1 heterocycles. The number of nitrogens with zero attached hydrogens (tertiary/aromatic N) is 2. The molecule has 4 N–H and O–H groups in total. The molecule has 2 fully saturated rings. The van der Waals surface area contributed by atoms with E-state index in [4.69, 9.17) is 10.5 Å². The monoisotopic (exact) mass is 389 g/mol. The van der Waals surface area contributed by atoms with Gasteiger partial charge in [0.1, 0.15) is 0 Å². The van der Waals surface area contributed by atoms with Crippen LogP contribution in [0, 0.1) is 5.92 Å². The van der Waals surface area contributed by atoms with Gasteiger partial charge in [0.05, 0.1) is 18.9 Å². The number of piperidine rings is 1. The van der Waals surface area contributed by atoms with E-state index in [0.29, 0.717) is 32.2 Å². The zero-order valence-electron chi connectivity index (χ0n) is 15.4. The number of rotatable bonds is 8. The third kappa shape index (κ3) is 6.99. The van der Waals surface area contributed by atoms with Crippen LogP contribution in [-0.4, -0.2) is 70.0 Å². The lowest BCUT2D eigenvalue weighted by atomic mass is 9.86. The third-order valence-corrected chi connectivity index (χ3v) is 6.16. The van der Waals surface area contributed by atoms with Crippen molar-refractivity contribution in [3.63, 3.8) is 0 Å². The summed E-state index contributed by atoms with van der Waals surface area (Å²) < 4.78 is 31.4. The number of carbonyl (C=O) groups excluding carboxylic acids is 1. The van der Waals surface area contributed by atoms with Gasteiger partial charge in [-0.1, -0.05) is 6.42 Å². The largest absolute Gasteiger partial charge is 0.450 e. The summed E-state index contributed by atoms with van der Waals surface area (Å²) in [6.07, 6.45) is 4.61. The molecular formula is C16H31N5O4S. The molecule has 10 heteroatoms. The first-order chi connectivity index (χ1) is 12.4. The maximum atomic E-state index is 11.9. The number of nitrogens with one attached hydrogen (secondary N) is 2. The summed E-state index contributed by atoms with van der Waals surface area (Å²) in [7, 11) is -3.30. The van der Waals surface area contributed by atoms with Crippen LogP contribution in [0.2, 0.25) is 0 Å². The van der Waals surface area contributed by atoms with Crippen LogP contribution in [0.3, 0.4) is 0 Å². The van der Waals surface area contributed by atoms with Crippen LogP contribution in [0.25, 0.3) is 0 Å². The molecular weight excluding hydrogens is 358 g/mol. The van der Waals surface area contributed by atoms with Crippen molar-refractivity contribution < 1.29 is 17.9 Å². The van der Waals surface area contributed by atoms with Gasteiger partial charge in [0.2, 0.25) is 10.0 Å². The summed E-state index contributed by atoms with van der Waals surface area (Å²) in [5.74, 6) is 0.665. The van der Waals surface area contributed by atoms with Crippen molar-refractivity contribution in [3.8, 4) is 0 Å². The van der Waals surface area contributed by atoms with Crippen LogP contribution in [0.15, 0.2) is 4.99 Å². The van der Waals surface area contributed by atoms with Gasteiger partial charge in [-0.2, -0.15) is 0 Å². The Morgan fingerprint density at radius 3 is 2.54 bits per heavy atom.